The van der Waals surface area contributed by atoms with Gasteiger partial charge < -0.3 is 15.5 Å². The Labute approximate surface area is 123 Å². The van der Waals surface area contributed by atoms with Crippen molar-refractivity contribution in [3.63, 3.8) is 0 Å². The van der Waals surface area contributed by atoms with Crippen LogP contribution in [0.5, 0.6) is 0 Å². The summed E-state index contributed by atoms with van der Waals surface area (Å²) in [6.45, 7) is 4.59. The quantitative estimate of drug-likeness (QED) is 0.745. The molecule has 0 saturated heterocycles. The largest absolute Gasteiger partial charge is 0.355 e. The Morgan fingerprint density at radius 2 is 2.05 bits per heavy atom. The molecule has 2 aliphatic carbocycles. The van der Waals surface area contributed by atoms with E-state index in [1.807, 2.05) is 0 Å². The Hall–Kier alpha value is -0.610. The van der Waals surface area contributed by atoms with E-state index in [-0.39, 0.29) is 11.4 Å². The summed E-state index contributed by atoms with van der Waals surface area (Å²) in [5.41, 5.74) is 0.231. The summed E-state index contributed by atoms with van der Waals surface area (Å²) in [6.07, 6.45) is 7.69. The van der Waals surface area contributed by atoms with Crippen LogP contribution in [0.15, 0.2) is 0 Å². The van der Waals surface area contributed by atoms with Gasteiger partial charge in [0, 0.05) is 18.6 Å². The number of amides is 1. The Balaban J connectivity index is 1.72. The molecule has 0 aromatic rings. The van der Waals surface area contributed by atoms with Gasteiger partial charge in [-0.05, 0) is 51.6 Å². The Kier molecular flexibility index (Phi) is 5.44. The molecule has 2 unspecified atom stereocenters. The van der Waals surface area contributed by atoms with Gasteiger partial charge in [0.15, 0.2) is 0 Å². The highest BCUT2D eigenvalue weighted by Crippen LogP contribution is 2.35. The molecular formula is C16H31N3O. The average Bonchev–Trinajstić information content (AvgIpc) is 3.20. The van der Waals surface area contributed by atoms with E-state index in [4.69, 9.17) is 0 Å². The average molecular weight is 281 g/mol. The summed E-state index contributed by atoms with van der Waals surface area (Å²) in [6, 6.07) is 0. The number of hydrogen-bond acceptors (Lipinski definition) is 3. The summed E-state index contributed by atoms with van der Waals surface area (Å²) >= 11 is 0. The monoisotopic (exact) mass is 281 g/mol. The lowest BCUT2D eigenvalue weighted by Gasteiger charge is -2.45. The van der Waals surface area contributed by atoms with Gasteiger partial charge in [0.1, 0.15) is 0 Å². The molecule has 0 bridgehead atoms. The first-order valence-electron chi connectivity index (χ1n) is 8.17. The van der Waals surface area contributed by atoms with Crippen molar-refractivity contribution in [2.24, 2.45) is 11.8 Å². The van der Waals surface area contributed by atoms with Gasteiger partial charge in [-0.15, -0.1) is 0 Å². The fourth-order valence-corrected chi connectivity index (χ4v) is 3.41. The maximum Gasteiger partial charge on any atom is 0.233 e. The second-order valence-electron chi connectivity index (χ2n) is 7.17. The standard InChI is InChI=1S/C16H31N3O/c1-13-5-4-8-16(9-13,19(2)3)12-17-11-15(20)18-10-14-6-7-14/h13-14,17H,4-12H2,1-3H3,(H,18,20). The van der Waals surface area contributed by atoms with Crippen molar-refractivity contribution in [2.75, 3.05) is 33.7 Å². The number of nitrogens with zero attached hydrogens (tertiary/aromatic N) is 1. The molecular weight excluding hydrogens is 250 g/mol. The van der Waals surface area contributed by atoms with Crippen LogP contribution < -0.4 is 10.6 Å². The van der Waals surface area contributed by atoms with Gasteiger partial charge in [-0.1, -0.05) is 19.8 Å². The van der Waals surface area contributed by atoms with Gasteiger partial charge in [-0.2, -0.15) is 0 Å². The third-order valence-corrected chi connectivity index (χ3v) is 5.04. The Bertz CT molecular complexity index is 328. The molecule has 2 saturated carbocycles. The highest BCUT2D eigenvalue weighted by molar-refractivity contribution is 5.78. The molecule has 2 atom stereocenters. The fourth-order valence-electron chi connectivity index (χ4n) is 3.41. The number of carbonyl (C=O) groups is 1. The smallest absolute Gasteiger partial charge is 0.233 e. The Morgan fingerprint density at radius 1 is 1.30 bits per heavy atom. The van der Waals surface area contributed by atoms with Gasteiger partial charge in [0.25, 0.3) is 0 Å². The molecule has 0 aromatic heterocycles. The molecule has 2 fully saturated rings. The molecule has 0 spiro atoms. The molecule has 4 nitrogen and oxygen atoms in total. The van der Waals surface area contributed by atoms with Crippen LogP contribution >= 0.6 is 0 Å². The van der Waals surface area contributed by atoms with Crippen molar-refractivity contribution in [1.82, 2.24) is 15.5 Å². The third kappa shape index (κ3) is 4.45. The molecule has 2 aliphatic rings. The zero-order chi connectivity index (χ0) is 14.6. The minimum Gasteiger partial charge on any atom is -0.355 e. The summed E-state index contributed by atoms with van der Waals surface area (Å²) in [4.78, 5) is 14.1. The summed E-state index contributed by atoms with van der Waals surface area (Å²) in [5.74, 6) is 1.69. The van der Waals surface area contributed by atoms with Crippen molar-refractivity contribution in [1.29, 1.82) is 0 Å². The van der Waals surface area contributed by atoms with Crippen LogP contribution in [0.3, 0.4) is 0 Å². The van der Waals surface area contributed by atoms with Crippen molar-refractivity contribution in [3.8, 4) is 0 Å². The highest BCUT2D eigenvalue weighted by Gasteiger charge is 2.36. The number of nitrogens with one attached hydrogen (secondary N) is 2. The molecule has 20 heavy (non-hydrogen) atoms. The van der Waals surface area contributed by atoms with E-state index in [0.29, 0.717) is 6.54 Å². The molecule has 0 radical (unpaired) electrons. The van der Waals surface area contributed by atoms with Crippen molar-refractivity contribution in [3.05, 3.63) is 0 Å². The van der Waals surface area contributed by atoms with Crippen LogP contribution in [0.4, 0.5) is 0 Å². The second-order valence-corrected chi connectivity index (χ2v) is 7.17. The maximum atomic E-state index is 11.8. The number of likely N-dealkylation sites (N-methyl/N-ethyl adjacent to an activating group) is 1. The maximum absolute atomic E-state index is 11.8. The second kappa shape index (κ2) is 6.90. The first kappa shape index (κ1) is 15.8. The first-order chi connectivity index (χ1) is 9.52. The van der Waals surface area contributed by atoms with Crippen LogP contribution in [-0.2, 0) is 4.79 Å². The predicted octanol–water partition coefficient (Wildman–Crippen LogP) is 1.61. The normalized spacial score (nSPS) is 30.5. The zero-order valence-corrected chi connectivity index (χ0v) is 13.4. The van der Waals surface area contributed by atoms with Crippen LogP contribution in [0.1, 0.15) is 45.4 Å². The first-order valence-corrected chi connectivity index (χ1v) is 8.17. The molecule has 0 aliphatic heterocycles. The van der Waals surface area contributed by atoms with Crippen LogP contribution in [-0.4, -0.2) is 50.1 Å². The van der Waals surface area contributed by atoms with Crippen molar-refractivity contribution < 1.29 is 4.79 Å². The summed E-state index contributed by atoms with van der Waals surface area (Å²) in [5, 5.41) is 6.41. The van der Waals surface area contributed by atoms with Gasteiger partial charge in [0.2, 0.25) is 5.91 Å². The SMILES string of the molecule is CC1CCCC(CNCC(=O)NCC2CC2)(N(C)C)C1. The van der Waals surface area contributed by atoms with E-state index < -0.39 is 0 Å². The minimum atomic E-state index is 0.148. The summed E-state index contributed by atoms with van der Waals surface area (Å²) in [7, 11) is 4.35. The van der Waals surface area contributed by atoms with Gasteiger partial charge >= 0.3 is 0 Å². The molecule has 2 N–H and O–H groups in total. The fraction of sp³-hybridized carbons (Fsp3) is 0.938. The molecule has 0 aromatic carbocycles. The van der Waals surface area contributed by atoms with E-state index in [1.165, 1.54) is 38.5 Å². The Morgan fingerprint density at radius 3 is 2.65 bits per heavy atom. The molecule has 4 heteroatoms. The van der Waals surface area contributed by atoms with Gasteiger partial charge in [-0.3, -0.25) is 4.79 Å². The molecule has 0 heterocycles. The molecule has 2 rings (SSSR count). The van der Waals surface area contributed by atoms with Crippen molar-refractivity contribution >= 4 is 5.91 Å². The lowest BCUT2D eigenvalue weighted by atomic mass is 9.75. The highest BCUT2D eigenvalue weighted by atomic mass is 16.1. The molecule has 116 valence electrons. The summed E-state index contributed by atoms with van der Waals surface area (Å²) < 4.78 is 0. The number of carbonyl (C=O) groups excluding carboxylic acids is 1. The van der Waals surface area contributed by atoms with E-state index in [1.54, 1.807) is 0 Å². The van der Waals surface area contributed by atoms with E-state index in [0.717, 1.165) is 24.9 Å². The van der Waals surface area contributed by atoms with Crippen LogP contribution in [0.25, 0.3) is 0 Å². The minimum absolute atomic E-state index is 0.148. The zero-order valence-electron chi connectivity index (χ0n) is 13.4. The van der Waals surface area contributed by atoms with Crippen LogP contribution in [0.2, 0.25) is 0 Å². The lowest BCUT2D eigenvalue weighted by molar-refractivity contribution is -0.120. The van der Waals surface area contributed by atoms with E-state index in [9.17, 15) is 4.79 Å². The number of hydrogen-bond donors (Lipinski definition) is 2. The third-order valence-electron chi connectivity index (χ3n) is 5.04. The number of rotatable bonds is 7. The topological polar surface area (TPSA) is 44.4 Å². The molecule has 1 amide bonds. The van der Waals surface area contributed by atoms with Gasteiger partial charge in [-0.25, -0.2) is 0 Å². The van der Waals surface area contributed by atoms with Gasteiger partial charge in [0.05, 0.1) is 6.54 Å². The van der Waals surface area contributed by atoms with E-state index >= 15 is 0 Å². The lowest BCUT2D eigenvalue weighted by Crippen LogP contribution is -2.55. The van der Waals surface area contributed by atoms with Crippen molar-refractivity contribution in [2.45, 2.75) is 51.0 Å². The predicted molar refractivity (Wildman–Crippen MR) is 82.7 cm³/mol. The van der Waals surface area contributed by atoms with Crippen LogP contribution in [0, 0.1) is 11.8 Å². The van der Waals surface area contributed by atoms with E-state index in [2.05, 4.69) is 36.6 Å².